The number of rotatable bonds is 3. The number of amides is 1. The molecule has 22 heavy (non-hydrogen) atoms. The van der Waals surface area contributed by atoms with Crippen LogP contribution in [0.4, 0.5) is 15.8 Å². The summed E-state index contributed by atoms with van der Waals surface area (Å²) in [6.07, 6.45) is 0. The molecule has 1 amide bonds. The minimum atomic E-state index is -0.493. The van der Waals surface area contributed by atoms with Crippen LogP contribution in [0.3, 0.4) is 0 Å². The number of pyridine rings is 1. The van der Waals surface area contributed by atoms with Gasteiger partial charge >= 0.3 is 0 Å². The van der Waals surface area contributed by atoms with Gasteiger partial charge in [0, 0.05) is 7.05 Å². The summed E-state index contributed by atoms with van der Waals surface area (Å²) in [5.74, 6) is -0.576. The van der Waals surface area contributed by atoms with Gasteiger partial charge in [0.15, 0.2) is 11.6 Å². The zero-order valence-electron chi connectivity index (χ0n) is 12.0. The highest BCUT2D eigenvalue weighted by Gasteiger charge is 2.30. The van der Waals surface area contributed by atoms with Gasteiger partial charge in [-0.3, -0.25) is 4.79 Å². The smallest absolute Gasteiger partial charge is 0.257 e. The topological polar surface area (TPSA) is 54.5 Å². The fourth-order valence-corrected chi connectivity index (χ4v) is 2.67. The number of halogens is 2. The lowest BCUT2D eigenvalue weighted by Gasteiger charge is -2.14. The minimum Gasteiger partial charge on any atom is -0.492 e. The molecule has 0 aliphatic carbocycles. The molecule has 0 fully saturated rings. The average molecular weight is 322 g/mol. The number of ether oxygens (including phenoxy) is 1. The maximum Gasteiger partial charge on any atom is 0.257 e. The first-order chi connectivity index (χ1) is 10.5. The van der Waals surface area contributed by atoms with E-state index in [1.807, 2.05) is 0 Å². The van der Waals surface area contributed by atoms with Crippen molar-refractivity contribution in [2.24, 2.45) is 0 Å². The second kappa shape index (κ2) is 5.46. The predicted molar refractivity (Wildman–Crippen MR) is 81.3 cm³/mol. The van der Waals surface area contributed by atoms with Crippen molar-refractivity contribution in [2.75, 3.05) is 19.5 Å². The largest absolute Gasteiger partial charge is 0.492 e. The number of benzene rings is 1. The molecule has 114 valence electrons. The van der Waals surface area contributed by atoms with Gasteiger partial charge in [0.1, 0.15) is 5.15 Å². The van der Waals surface area contributed by atoms with E-state index in [0.29, 0.717) is 29.2 Å². The monoisotopic (exact) mass is 321 g/mol. The molecular formula is C15H13ClFN3O2. The molecule has 1 aliphatic heterocycles. The highest BCUT2D eigenvalue weighted by Crippen LogP contribution is 2.35. The molecule has 0 radical (unpaired) electrons. The Morgan fingerprint density at radius 2 is 2.18 bits per heavy atom. The molecule has 0 atom stereocenters. The third kappa shape index (κ3) is 2.35. The van der Waals surface area contributed by atoms with E-state index in [9.17, 15) is 9.18 Å². The zero-order chi connectivity index (χ0) is 15.9. The van der Waals surface area contributed by atoms with Crippen LogP contribution in [-0.4, -0.2) is 29.9 Å². The molecule has 3 rings (SSSR count). The number of carbonyl (C=O) groups excluding carboxylic acids is 1. The van der Waals surface area contributed by atoms with E-state index in [1.54, 1.807) is 30.1 Å². The summed E-state index contributed by atoms with van der Waals surface area (Å²) < 4.78 is 18.8. The highest BCUT2D eigenvalue weighted by molar-refractivity contribution is 6.30. The van der Waals surface area contributed by atoms with Crippen molar-refractivity contribution >= 4 is 28.9 Å². The summed E-state index contributed by atoms with van der Waals surface area (Å²) in [6.45, 7) is 0.393. The van der Waals surface area contributed by atoms with Gasteiger partial charge in [-0.15, -0.1) is 0 Å². The van der Waals surface area contributed by atoms with Crippen molar-refractivity contribution in [2.45, 2.75) is 6.54 Å². The van der Waals surface area contributed by atoms with Crippen LogP contribution in [-0.2, 0) is 6.54 Å². The first-order valence-electron chi connectivity index (χ1n) is 6.55. The number of fused-ring (bicyclic) bond motifs is 1. The van der Waals surface area contributed by atoms with E-state index in [4.69, 9.17) is 16.3 Å². The molecule has 5 nitrogen and oxygen atoms in total. The highest BCUT2D eigenvalue weighted by atomic mass is 35.5. The molecule has 0 saturated heterocycles. The quantitative estimate of drug-likeness (QED) is 0.882. The molecule has 2 heterocycles. The van der Waals surface area contributed by atoms with Crippen molar-refractivity contribution in [3.63, 3.8) is 0 Å². The molecule has 0 saturated carbocycles. The standard InChI is InChI=1S/C15H13ClFN3O2/c1-20-7-11-13(15(20)21)10(6-12(16)19-11)18-9-5-3-4-8(17)14(9)22-2/h3-6H,7H2,1-2H3,(H,18,19). The number of carbonyl (C=O) groups is 1. The Morgan fingerprint density at radius 1 is 1.41 bits per heavy atom. The fourth-order valence-electron chi connectivity index (χ4n) is 2.46. The van der Waals surface area contributed by atoms with E-state index in [2.05, 4.69) is 10.3 Å². The summed E-state index contributed by atoms with van der Waals surface area (Å²) in [7, 11) is 3.07. The van der Waals surface area contributed by atoms with Gasteiger partial charge in [0.2, 0.25) is 0 Å². The molecular weight excluding hydrogens is 309 g/mol. The summed E-state index contributed by atoms with van der Waals surface area (Å²) in [6, 6.07) is 6.05. The van der Waals surface area contributed by atoms with Crippen LogP contribution < -0.4 is 10.1 Å². The van der Waals surface area contributed by atoms with Crippen LogP contribution >= 0.6 is 11.6 Å². The maximum absolute atomic E-state index is 13.8. The normalized spacial score (nSPS) is 13.3. The number of nitrogens with zero attached hydrogens (tertiary/aromatic N) is 2. The molecule has 1 N–H and O–H groups in total. The first kappa shape index (κ1) is 14.6. The Balaban J connectivity index is 2.08. The zero-order valence-corrected chi connectivity index (χ0v) is 12.7. The summed E-state index contributed by atoms with van der Waals surface area (Å²) in [4.78, 5) is 18.0. The number of hydrogen-bond acceptors (Lipinski definition) is 4. The Bertz CT molecular complexity index is 767. The molecule has 1 aromatic heterocycles. The number of anilines is 2. The molecule has 0 unspecified atom stereocenters. The SMILES string of the molecule is COc1c(F)cccc1Nc1cc(Cl)nc2c1C(=O)N(C)C2. The van der Waals surface area contributed by atoms with Crippen molar-refractivity contribution < 1.29 is 13.9 Å². The minimum absolute atomic E-state index is 0.0722. The number of aromatic nitrogens is 1. The van der Waals surface area contributed by atoms with Crippen molar-refractivity contribution in [1.29, 1.82) is 0 Å². The van der Waals surface area contributed by atoms with E-state index >= 15 is 0 Å². The summed E-state index contributed by atoms with van der Waals surface area (Å²) in [5.41, 5.74) is 1.93. The van der Waals surface area contributed by atoms with Crippen molar-refractivity contribution in [3.05, 3.63) is 46.5 Å². The van der Waals surface area contributed by atoms with Crippen LogP contribution in [0.1, 0.15) is 16.1 Å². The van der Waals surface area contributed by atoms with Gasteiger partial charge in [-0.05, 0) is 18.2 Å². The van der Waals surface area contributed by atoms with Gasteiger partial charge in [-0.25, -0.2) is 9.37 Å². The predicted octanol–water partition coefficient (Wildman–Crippen LogP) is 3.21. The van der Waals surface area contributed by atoms with E-state index < -0.39 is 5.82 Å². The number of para-hydroxylation sites is 1. The lowest BCUT2D eigenvalue weighted by molar-refractivity contribution is 0.0817. The van der Waals surface area contributed by atoms with Crippen LogP contribution in [0, 0.1) is 5.82 Å². The summed E-state index contributed by atoms with van der Waals surface area (Å²) in [5, 5.41) is 3.28. The van der Waals surface area contributed by atoms with E-state index in [-0.39, 0.29) is 16.8 Å². The van der Waals surface area contributed by atoms with Gasteiger partial charge < -0.3 is 15.0 Å². The first-order valence-corrected chi connectivity index (χ1v) is 6.93. The molecule has 0 bridgehead atoms. The molecule has 0 spiro atoms. The fraction of sp³-hybridized carbons (Fsp3) is 0.200. The number of nitrogens with one attached hydrogen (secondary N) is 1. The van der Waals surface area contributed by atoms with Crippen LogP contribution in [0.15, 0.2) is 24.3 Å². The molecule has 1 aromatic carbocycles. The molecule has 1 aliphatic rings. The second-order valence-corrected chi connectivity index (χ2v) is 5.31. The van der Waals surface area contributed by atoms with Gasteiger partial charge in [-0.1, -0.05) is 17.7 Å². The lowest BCUT2D eigenvalue weighted by Crippen LogP contribution is -2.18. The van der Waals surface area contributed by atoms with Crippen LogP contribution in [0.2, 0.25) is 5.15 Å². The number of methoxy groups -OCH3 is 1. The van der Waals surface area contributed by atoms with Gasteiger partial charge in [0.05, 0.1) is 36.3 Å². The van der Waals surface area contributed by atoms with Gasteiger partial charge in [0.25, 0.3) is 5.91 Å². The van der Waals surface area contributed by atoms with E-state index in [0.717, 1.165) is 0 Å². The van der Waals surface area contributed by atoms with Crippen molar-refractivity contribution in [1.82, 2.24) is 9.88 Å². The number of hydrogen-bond donors (Lipinski definition) is 1. The Labute approximate surface area is 131 Å². The Morgan fingerprint density at radius 3 is 2.91 bits per heavy atom. The Kier molecular flexibility index (Phi) is 3.62. The molecule has 7 heteroatoms. The average Bonchev–Trinajstić information content (AvgIpc) is 2.74. The van der Waals surface area contributed by atoms with Crippen LogP contribution in [0.25, 0.3) is 0 Å². The third-order valence-electron chi connectivity index (χ3n) is 3.45. The third-order valence-corrected chi connectivity index (χ3v) is 3.64. The molecule has 2 aromatic rings. The Hall–Kier alpha value is -2.34. The lowest BCUT2D eigenvalue weighted by atomic mass is 10.1. The maximum atomic E-state index is 13.8. The van der Waals surface area contributed by atoms with Crippen LogP contribution in [0.5, 0.6) is 5.75 Å². The summed E-state index contributed by atoms with van der Waals surface area (Å²) >= 11 is 6.01. The second-order valence-electron chi connectivity index (χ2n) is 4.92. The van der Waals surface area contributed by atoms with E-state index in [1.165, 1.54) is 13.2 Å². The van der Waals surface area contributed by atoms with Gasteiger partial charge in [-0.2, -0.15) is 0 Å². The van der Waals surface area contributed by atoms with Crippen molar-refractivity contribution in [3.8, 4) is 5.75 Å².